The third kappa shape index (κ3) is 3.89. The van der Waals surface area contributed by atoms with Crippen molar-refractivity contribution in [2.24, 2.45) is 0 Å². The molecule has 1 aliphatic rings. The van der Waals surface area contributed by atoms with Gasteiger partial charge in [0.15, 0.2) is 22.1 Å². The normalized spacial score (nSPS) is 14.5. The zero-order valence-electron chi connectivity index (χ0n) is 15.4. The molecule has 1 saturated heterocycles. The second kappa shape index (κ2) is 8.05. The number of aromatic nitrogens is 4. The molecule has 1 aliphatic heterocycles. The maximum atomic E-state index is 12.4. The molecule has 0 radical (unpaired) electrons. The van der Waals surface area contributed by atoms with E-state index in [2.05, 4.69) is 15.0 Å². The molecular formula is C19H22N6O2S. The Morgan fingerprint density at radius 2 is 1.86 bits per heavy atom. The first-order valence-corrected chi connectivity index (χ1v) is 10.3. The van der Waals surface area contributed by atoms with Gasteiger partial charge in [-0.1, -0.05) is 42.1 Å². The number of nitrogens with zero attached hydrogens (tertiary/aromatic N) is 5. The zero-order chi connectivity index (χ0) is 19.5. The van der Waals surface area contributed by atoms with Gasteiger partial charge in [-0.3, -0.25) is 9.36 Å². The summed E-state index contributed by atoms with van der Waals surface area (Å²) in [6.07, 6.45) is 3.30. The molecule has 1 amide bonds. The lowest BCUT2D eigenvalue weighted by Gasteiger charge is -2.26. The number of carbonyl (C=O) groups excluding carboxylic acids is 1. The smallest absolute Gasteiger partial charge is 0.296 e. The quantitative estimate of drug-likeness (QED) is 0.501. The van der Waals surface area contributed by atoms with E-state index in [-0.39, 0.29) is 23.5 Å². The number of nitrogens with two attached hydrogens (primary N) is 1. The van der Waals surface area contributed by atoms with Gasteiger partial charge in [0.25, 0.3) is 6.01 Å². The van der Waals surface area contributed by atoms with Crippen LogP contribution < -0.4 is 5.73 Å². The van der Waals surface area contributed by atoms with Crippen LogP contribution in [0.2, 0.25) is 0 Å². The van der Waals surface area contributed by atoms with Crippen LogP contribution in [0.15, 0.2) is 35.5 Å². The number of fused-ring (bicyclic) bond motifs is 1. The molecule has 2 aromatic heterocycles. The Hall–Kier alpha value is -2.81. The Morgan fingerprint density at radius 3 is 2.61 bits per heavy atom. The van der Waals surface area contributed by atoms with E-state index < -0.39 is 0 Å². The van der Waals surface area contributed by atoms with E-state index in [9.17, 15) is 9.90 Å². The number of hydrogen-bond acceptors (Lipinski definition) is 7. The van der Waals surface area contributed by atoms with Crippen LogP contribution in [0.3, 0.4) is 0 Å². The van der Waals surface area contributed by atoms with Crippen LogP contribution in [0.4, 0.5) is 5.82 Å². The summed E-state index contributed by atoms with van der Waals surface area (Å²) in [7, 11) is 0. The first kappa shape index (κ1) is 18.5. The van der Waals surface area contributed by atoms with Gasteiger partial charge in [-0.15, -0.1) is 0 Å². The van der Waals surface area contributed by atoms with Crippen molar-refractivity contribution in [3.8, 4) is 6.01 Å². The number of likely N-dealkylation sites (tertiary alicyclic amines) is 1. The van der Waals surface area contributed by atoms with E-state index in [0.717, 1.165) is 31.5 Å². The molecular weight excluding hydrogens is 376 g/mol. The molecule has 28 heavy (non-hydrogen) atoms. The highest BCUT2D eigenvalue weighted by molar-refractivity contribution is 7.99. The molecule has 0 saturated carbocycles. The molecule has 4 rings (SSSR count). The molecule has 0 spiro atoms. The Kier molecular flexibility index (Phi) is 5.34. The summed E-state index contributed by atoms with van der Waals surface area (Å²) in [4.78, 5) is 27.2. The Bertz CT molecular complexity index is 985. The first-order chi connectivity index (χ1) is 13.6. The molecule has 8 nitrogen and oxygen atoms in total. The number of benzene rings is 1. The van der Waals surface area contributed by atoms with Crippen molar-refractivity contribution in [2.75, 3.05) is 24.6 Å². The number of hydrogen-bond donors (Lipinski definition) is 2. The molecule has 0 aliphatic carbocycles. The summed E-state index contributed by atoms with van der Waals surface area (Å²) < 4.78 is 1.60. The van der Waals surface area contributed by atoms with E-state index >= 15 is 0 Å². The summed E-state index contributed by atoms with van der Waals surface area (Å²) in [6.45, 7) is 2.05. The second-order valence-electron chi connectivity index (χ2n) is 6.78. The number of nitrogen functional groups attached to an aromatic ring is 1. The van der Waals surface area contributed by atoms with Gasteiger partial charge < -0.3 is 15.7 Å². The summed E-state index contributed by atoms with van der Waals surface area (Å²) >= 11 is 1.26. The number of aromatic hydroxyl groups is 1. The molecule has 0 bridgehead atoms. The highest BCUT2D eigenvalue weighted by atomic mass is 32.2. The molecule has 1 aromatic carbocycles. The standard InChI is InChI=1S/C19H22N6O2S/c20-16-15-17(25(19(27)21-15)11-13-7-3-1-4-8-13)23-18(22-16)28-12-14(26)24-9-5-2-6-10-24/h1,3-4,7-8H,2,5-6,9-12H2,(H,21,27)(H2,20,22,23). The fraction of sp³-hybridized carbons (Fsp3) is 0.368. The summed E-state index contributed by atoms with van der Waals surface area (Å²) in [5.74, 6) is 0.552. The molecule has 1 fully saturated rings. The van der Waals surface area contributed by atoms with Crippen LogP contribution in [0.25, 0.3) is 11.2 Å². The fourth-order valence-electron chi connectivity index (χ4n) is 3.33. The fourth-order valence-corrected chi connectivity index (χ4v) is 4.08. The average Bonchev–Trinajstić information content (AvgIpc) is 3.04. The van der Waals surface area contributed by atoms with Crippen LogP contribution in [0.1, 0.15) is 24.8 Å². The van der Waals surface area contributed by atoms with Crippen molar-refractivity contribution in [1.82, 2.24) is 24.4 Å². The number of piperidine rings is 1. The number of imidazole rings is 1. The molecule has 0 atom stereocenters. The summed E-state index contributed by atoms with van der Waals surface area (Å²) in [5, 5.41) is 10.7. The van der Waals surface area contributed by atoms with Gasteiger partial charge in [0, 0.05) is 13.1 Å². The third-order valence-corrected chi connectivity index (χ3v) is 5.63. The van der Waals surface area contributed by atoms with Crippen molar-refractivity contribution in [2.45, 2.75) is 31.0 Å². The average molecular weight is 398 g/mol. The van der Waals surface area contributed by atoms with Gasteiger partial charge in [0.05, 0.1) is 12.3 Å². The Balaban J connectivity index is 1.56. The predicted molar refractivity (Wildman–Crippen MR) is 108 cm³/mol. The lowest BCUT2D eigenvalue weighted by molar-refractivity contribution is -0.129. The topological polar surface area (TPSA) is 110 Å². The number of rotatable bonds is 5. The summed E-state index contributed by atoms with van der Waals surface area (Å²) in [5.41, 5.74) is 7.86. The van der Waals surface area contributed by atoms with E-state index in [1.807, 2.05) is 35.2 Å². The SMILES string of the molecule is Nc1nc(SCC(=O)N2CCCCC2)nc2c1nc(O)n2Cc1ccccc1. The molecule has 3 heterocycles. The van der Waals surface area contributed by atoms with Crippen molar-refractivity contribution in [1.29, 1.82) is 0 Å². The number of amides is 1. The van der Waals surface area contributed by atoms with Gasteiger partial charge >= 0.3 is 0 Å². The van der Waals surface area contributed by atoms with Crippen molar-refractivity contribution in [3.63, 3.8) is 0 Å². The van der Waals surface area contributed by atoms with E-state index in [0.29, 0.717) is 22.9 Å². The maximum Gasteiger partial charge on any atom is 0.296 e. The Labute approximate surface area is 166 Å². The van der Waals surface area contributed by atoms with Crippen LogP contribution in [-0.2, 0) is 11.3 Å². The molecule has 3 aromatic rings. The molecule has 146 valence electrons. The molecule has 0 unspecified atom stereocenters. The number of anilines is 1. The van der Waals surface area contributed by atoms with Crippen molar-refractivity contribution in [3.05, 3.63) is 35.9 Å². The molecule has 9 heteroatoms. The zero-order valence-corrected chi connectivity index (χ0v) is 16.2. The molecule has 3 N–H and O–H groups in total. The second-order valence-corrected chi connectivity index (χ2v) is 7.72. The van der Waals surface area contributed by atoms with E-state index in [1.165, 1.54) is 18.2 Å². The van der Waals surface area contributed by atoms with Gasteiger partial charge in [0.1, 0.15) is 0 Å². The van der Waals surface area contributed by atoms with E-state index in [4.69, 9.17) is 5.73 Å². The highest BCUT2D eigenvalue weighted by Gasteiger charge is 2.19. The van der Waals surface area contributed by atoms with Crippen molar-refractivity contribution >= 4 is 34.7 Å². The minimum Gasteiger partial charge on any atom is -0.480 e. The van der Waals surface area contributed by atoms with Gasteiger partial charge in [0.2, 0.25) is 5.91 Å². The van der Waals surface area contributed by atoms with Gasteiger partial charge in [-0.05, 0) is 24.8 Å². The lowest BCUT2D eigenvalue weighted by atomic mass is 10.1. The minimum absolute atomic E-state index is 0.0904. The summed E-state index contributed by atoms with van der Waals surface area (Å²) in [6, 6.07) is 9.56. The minimum atomic E-state index is -0.161. The van der Waals surface area contributed by atoms with Gasteiger partial charge in [-0.25, -0.2) is 9.97 Å². The van der Waals surface area contributed by atoms with Crippen LogP contribution in [0.5, 0.6) is 6.01 Å². The number of thioether (sulfide) groups is 1. The first-order valence-electron chi connectivity index (χ1n) is 9.29. The monoisotopic (exact) mass is 398 g/mol. The van der Waals surface area contributed by atoms with Crippen molar-refractivity contribution < 1.29 is 9.90 Å². The third-order valence-electron chi connectivity index (χ3n) is 4.80. The van der Waals surface area contributed by atoms with Crippen LogP contribution in [-0.4, -0.2) is 54.3 Å². The van der Waals surface area contributed by atoms with E-state index in [1.54, 1.807) is 4.57 Å². The number of carbonyl (C=O) groups is 1. The Morgan fingerprint density at radius 1 is 1.11 bits per heavy atom. The lowest BCUT2D eigenvalue weighted by Crippen LogP contribution is -2.36. The van der Waals surface area contributed by atoms with Gasteiger partial charge in [-0.2, -0.15) is 4.98 Å². The highest BCUT2D eigenvalue weighted by Crippen LogP contribution is 2.27. The van der Waals surface area contributed by atoms with Crippen LogP contribution >= 0.6 is 11.8 Å². The predicted octanol–water partition coefficient (Wildman–Crippen LogP) is 2.27. The maximum absolute atomic E-state index is 12.4. The largest absolute Gasteiger partial charge is 0.480 e. The van der Waals surface area contributed by atoms with Crippen LogP contribution in [0, 0.1) is 0 Å².